The van der Waals surface area contributed by atoms with Crippen molar-refractivity contribution in [2.45, 2.75) is 13.0 Å². The van der Waals surface area contributed by atoms with Crippen LogP contribution in [0.25, 0.3) is 0 Å². The second-order valence-corrected chi connectivity index (χ2v) is 8.15. The third kappa shape index (κ3) is 3.94. The van der Waals surface area contributed by atoms with E-state index < -0.39 is 16.9 Å². The van der Waals surface area contributed by atoms with Crippen LogP contribution in [-0.4, -0.2) is 28.2 Å². The SMILES string of the molecule is Cc1c(C(=O)N2CC(=O)Nc3ccc(Br)cc3C2c2ccccc2)cccc1[N+](=O)[O-]. The topological polar surface area (TPSA) is 92.6 Å². The normalized spacial score (nSPS) is 15.6. The van der Waals surface area contributed by atoms with Crippen molar-refractivity contribution in [1.29, 1.82) is 0 Å². The monoisotopic (exact) mass is 479 g/mol. The van der Waals surface area contributed by atoms with Gasteiger partial charge in [0.1, 0.15) is 6.54 Å². The molecule has 1 heterocycles. The molecule has 0 aliphatic carbocycles. The van der Waals surface area contributed by atoms with Crippen molar-refractivity contribution in [3.8, 4) is 0 Å². The van der Waals surface area contributed by atoms with Crippen molar-refractivity contribution in [2.24, 2.45) is 0 Å². The number of nitro groups is 1. The summed E-state index contributed by atoms with van der Waals surface area (Å²) >= 11 is 3.48. The van der Waals surface area contributed by atoms with E-state index in [4.69, 9.17) is 0 Å². The predicted octanol–water partition coefficient (Wildman–Crippen LogP) is 4.85. The molecule has 1 aliphatic heterocycles. The molecule has 1 aliphatic rings. The largest absolute Gasteiger partial charge is 0.324 e. The number of benzene rings is 3. The fourth-order valence-electron chi connectivity index (χ4n) is 3.87. The van der Waals surface area contributed by atoms with E-state index in [1.807, 2.05) is 42.5 Å². The van der Waals surface area contributed by atoms with Crippen molar-refractivity contribution in [3.63, 3.8) is 0 Å². The van der Waals surface area contributed by atoms with E-state index in [-0.39, 0.29) is 29.3 Å². The second-order valence-electron chi connectivity index (χ2n) is 7.23. The molecule has 0 saturated carbocycles. The number of nitrogens with zero attached hydrogens (tertiary/aromatic N) is 2. The molecule has 2 amide bonds. The quantitative estimate of drug-likeness (QED) is 0.429. The van der Waals surface area contributed by atoms with Gasteiger partial charge in [0.05, 0.1) is 11.0 Å². The molecule has 31 heavy (non-hydrogen) atoms. The van der Waals surface area contributed by atoms with Crippen LogP contribution in [0.5, 0.6) is 0 Å². The lowest BCUT2D eigenvalue weighted by Gasteiger charge is -2.31. The van der Waals surface area contributed by atoms with Crippen LogP contribution in [0, 0.1) is 17.0 Å². The zero-order valence-corrected chi connectivity index (χ0v) is 18.1. The second kappa shape index (κ2) is 8.31. The van der Waals surface area contributed by atoms with Crippen LogP contribution in [0.4, 0.5) is 11.4 Å². The van der Waals surface area contributed by atoms with Gasteiger partial charge in [-0.3, -0.25) is 19.7 Å². The average molecular weight is 480 g/mol. The summed E-state index contributed by atoms with van der Waals surface area (Å²) in [5.74, 6) is -0.781. The molecule has 1 N–H and O–H groups in total. The first kappa shape index (κ1) is 20.7. The van der Waals surface area contributed by atoms with E-state index in [0.717, 1.165) is 15.6 Å². The van der Waals surface area contributed by atoms with E-state index in [0.29, 0.717) is 5.69 Å². The van der Waals surface area contributed by atoms with E-state index in [9.17, 15) is 19.7 Å². The van der Waals surface area contributed by atoms with Crippen LogP contribution in [-0.2, 0) is 4.79 Å². The van der Waals surface area contributed by atoms with Crippen molar-refractivity contribution < 1.29 is 14.5 Å². The van der Waals surface area contributed by atoms with Gasteiger partial charge in [-0.25, -0.2) is 0 Å². The Kier molecular flexibility index (Phi) is 5.56. The van der Waals surface area contributed by atoms with Crippen LogP contribution in [0.2, 0.25) is 0 Å². The fraction of sp³-hybridized carbons (Fsp3) is 0.130. The molecule has 8 heteroatoms. The summed E-state index contributed by atoms with van der Waals surface area (Å²) in [4.78, 5) is 38.7. The van der Waals surface area contributed by atoms with Gasteiger partial charge in [0, 0.05) is 32.9 Å². The molecule has 0 spiro atoms. The number of fused-ring (bicyclic) bond motifs is 1. The van der Waals surface area contributed by atoms with Crippen molar-refractivity contribution >= 4 is 39.1 Å². The van der Waals surface area contributed by atoms with Gasteiger partial charge in [-0.1, -0.05) is 52.3 Å². The zero-order chi connectivity index (χ0) is 22.1. The summed E-state index contributed by atoms with van der Waals surface area (Å²) in [6.07, 6.45) is 0. The molecular weight excluding hydrogens is 462 g/mol. The number of nitro benzene ring substituents is 1. The summed E-state index contributed by atoms with van der Waals surface area (Å²) in [6.45, 7) is 1.36. The van der Waals surface area contributed by atoms with E-state index >= 15 is 0 Å². The van der Waals surface area contributed by atoms with Crippen molar-refractivity contribution in [1.82, 2.24) is 4.90 Å². The van der Waals surface area contributed by atoms with E-state index in [1.54, 1.807) is 19.1 Å². The predicted molar refractivity (Wildman–Crippen MR) is 120 cm³/mol. The summed E-state index contributed by atoms with van der Waals surface area (Å²) < 4.78 is 0.808. The number of halogens is 1. The highest BCUT2D eigenvalue weighted by molar-refractivity contribution is 9.10. The Morgan fingerprint density at radius 2 is 1.87 bits per heavy atom. The van der Waals surface area contributed by atoms with Gasteiger partial charge >= 0.3 is 0 Å². The lowest BCUT2D eigenvalue weighted by Crippen LogP contribution is -2.39. The molecule has 7 nitrogen and oxygen atoms in total. The molecule has 0 fully saturated rings. The van der Waals surface area contributed by atoms with Gasteiger partial charge in [-0.05, 0) is 36.8 Å². The van der Waals surface area contributed by atoms with Crippen molar-refractivity contribution in [2.75, 3.05) is 11.9 Å². The third-order valence-corrected chi connectivity index (χ3v) is 5.81. The maximum Gasteiger partial charge on any atom is 0.273 e. The number of nitrogens with one attached hydrogen (secondary N) is 1. The van der Waals surface area contributed by atoms with Gasteiger partial charge in [0.25, 0.3) is 11.6 Å². The smallest absolute Gasteiger partial charge is 0.273 e. The van der Waals surface area contributed by atoms with Crippen LogP contribution in [0.1, 0.15) is 33.1 Å². The highest BCUT2D eigenvalue weighted by Gasteiger charge is 2.35. The maximum absolute atomic E-state index is 13.7. The van der Waals surface area contributed by atoms with Gasteiger partial charge in [0.15, 0.2) is 0 Å². The molecule has 4 rings (SSSR count). The number of anilines is 1. The highest BCUT2D eigenvalue weighted by atomic mass is 79.9. The Morgan fingerprint density at radius 3 is 2.58 bits per heavy atom. The van der Waals surface area contributed by atoms with Gasteiger partial charge in [-0.2, -0.15) is 0 Å². The molecule has 3 aromatic carbocycles. The minimum Gasteiger partial charge on any atom is -0.324 e. The first-order valence-corrected chi connectivity index (χ1v) is 10.4. The Bertz CT molecular complexity index is 1200. The van der Waals surface area contributed by atoms with Crippen LogP contribution in [0.3, 0.4) is 0 Å². The van der Waals surface area contributed by atoms with Crippen LogP contribution < -0.4 is 5.32 Å². The van der Waals surface area contributed by atoms with Crippen LogP contribution >= 0.6 is 15.9 Å². The van der Waals surface area contributed by atoms with E-state index in [1.165, 1.54) is 17.0 Å². The number of carbonyl (C=O) groups excluding carboxylic acids is 2. The summed E-state index contributed by atoms with van der Waals surface area (Å²) in [6, 6.07) is 18.7. The highest BCUT2D eigenvalue weighted by Crippen LogP contribution is 2.38. The molecule has 0 saturated heterocycles. The minimum atomic E-state index is -0.557. The average Bonchev–Trinajstić information content (AvgIpc) is 2.89. The number of rotatable bonds is 3. The Balaban J connectivity index is 1.91. The Labute approximate surface area is 187 Å². The molecule has 0 aromatic heterocycles. The lowest BCUT2D eigenvalue weighted by atomic mass is 9.94. The summed E-state index contributed by atoms with van der Waals surface area (Å²) in [5.41, 5.74) is 2.53. The van der Waals surface area contributed by atoms with Gasteiger partial charge in [0.2, 0.25) is 5.91 Å². The molecule has 3 aromatic rings. The van der Waals surface area contributed by atoms with Crippen LogP contribution in [0.15, 0.2) is 71.2 Å². The summed E-state index contributed by atoms with van der Waals surface area (Å²) in [5, 5.41) is 14.2. The number of carbonyl (C=O) groups is 2. The maximum atomic E-state index is 13.7. The first-order valence-electron chi connectivity index (χ1n) is 9.56. The third-order valence-electron chi connectivity index (χ3n) is 5.32. The van der Waals surface area contributed by atoms with Crippen molar-refractivity contribution in [3.05, 3.63) is 104 Å². The fourth-order valence-corrected chi connectivity index (χ4v) is 4.25. The Morgan fingerprint density at radius 1 is 1.13 bits per heavy atom. The standard InChI is InChI=1S/C23H18BrN3O4/c1-14-17(8-5-9-20(14)27(30)31)23(29)26-13-21(28)25-19-11-10-16(24)12-18(19)22(26)15-6-3-2-4-7-15/h2-12,22H,13H2,1H3,(H,25,28). The number of hydrogen-bond acceptors (Lipinski definition) is 4. The molecule has 0 radical (unpaired) electrons. The summed E-state index contributed by atoms with van der Waals surface area (Å²) in [7, 11) is 0. The molecule has 1 atom stereocenters. The molecule has 1 unspecified atom stereocenters. The zero-order valence-electron chi connectivity index (χ0n) is 16.5. The van der Waals surface area contributed by atoms with Gasteiger partial charge < -0.3 is 10.2 Å². The Hall–Kier alpha value is -3.52. The first-order chi connectivity index (χ1) is 14.9. The molecule has 0 bridgehead atoms. The molecular formula is C23H18BrN3O4. The minimum absolute atomic E-state index is 0.135. The molecule has 156 valence electrons. The number of amides is 2. The van der Waals surface area contributed by atoms with E-state index in [2.05, 4.69) is 21.2 Å². The number of hydrogen-bond donors (Lipinski definition) is 1. The van der Waals surface area contributed by atoms with Gasteiger partial charge in [-0.15, -0.1) is 0 Å². The lowest BCUT2D eigenvalue weighted by molar-refractivity contribution is -0.385.